The normalized spacial score (nSPS) is 15.8. The number of anilines is 1. The van der Waals surface area contributed by atoms with Crippen molar-refractivity contribution in [3.8, 4) is 0 Å². The monoisotopic (exact) mass is 250 g/mol. The van der Waals surface area contributed by atoms with E-state index in [9.17, 15) is 9.59 Å². The molecule has 7 heteroatoms. The summed E-state index contributed by atoms with van der Waals surface area (Å²) in [5.74, 6) is -1.08. The summed E-state index contributed by atoms with van der Waals surface area (Å²) in [6.07, 6.45) is 3.78. The third-order valence-electron chi connectivity index (χ3n) is 2.50. The predicted octanol–water partition coefficient (Wildman–Crippen LogP) is -0.117. The number of ether oxygens (including phenoxy) is 1. The highest BCUT2D eigenvalue weighted by Gasteiger charge is 2.28. The van der Waals surface area contributed by atoms with Gasteiger partial charge in [0.2, 0.25) is 0 Å². The van der Waals surface area contributed by atoms with Crippen molar-refractivity contribution in [2.45, 2.75) is 31.9 Å². The van der Waals surface area contributed by atoms with E-state index >= 15 is 0 Å². The molecule has 1 atom stereocenters. The molecule has 0 aliphatic heterocycles. The van der Waals surface area contributed by atoms with Gasteiger partial charge in [-0.25, -0.2) is 14.8 Å². The summed E-state index contributed by atoms with van der Waals surface area (Å²) in [6.45, 7) is 1.50. The Labute approximate surface area is 104 Å². The molecule has 2 rings (SSSR count). The molecule has 18 heavy (non-hydrogen) atoms. The summed E-state index contributed by atoms with van der Waals surface area (Å²) in [5.41, 5.74) is 5.41. The SMILES string of the molecule is C[C@H](OC(=O)c1nccnc1N)C(=O)NC1CC1. The molecule has 0 aromatic carbocycles. The van der Waals surface area contributed by atoms with Crippen LogP contribution in [0.5, 0.6) is 0 Å². The van der Waals surface area contributed by atoms with E-state index in [1.807, 2.05) is 0 Å². The van der Waals surface area contributed by atoms with E-state index < -0.39 is 12.1 Å². The minimum Gasteiger partial charge on any atom is -0.448 e. The lowest BCUT2D eigenvalue weighted by Crippen LogP contribution is -2.37. The number of carbonyl (C=O) groups excluding carboxylic acids is 2. The summed E-state index contributed by atoms with van der Waals surface area (Å²) < 4.78 is 4.97. The van der Waals surface area contributed by atoms with Crippen LogP contribution in [0.15, 0.2) is 12.4 Å². The van der Waals surface area contributed by atoms with Crippen LogP contribution in [0.25, 0.3) is 0 Å². The van der Waals surface area contributed by atoms with Gasteiger partial charge >= 0.3 is 5.97 Å². The van der Waals surface area contributed by atoms with Crippen LogP contribution in [-0.4, -0.2) is 34.0 Å². The van der Waals surface area contributed by atoms with Crippen molar-refractivity contribution in [2.75, 3.05) is 5.73 Å². The van der Waals surface area contributed by atoms with Gasteiger partial charge in [-0.15, -0.1) is 0 Å². The van der Waals surface area contributed by atoms with Gasteiger partial charge in [0.1, 0.15) is 0 Å². The van der Waals surface area contributed by atoms with Gasteiger partial charge in [-0.2, -0.15) is 0 Å². The number of nitrogens with two attached hydrogens (primary N) is 1. The lowest BCUT2D eigenvalue weighted by atomic mass is 10.3. The van der Waals surface area contributed by atoms with E-state index in [2.05, 4.69) is 15.3 Å². The molecule has 1 saturated carbocycles. The smallest absolute Gasteiger partial charge is 0.361 e. The van der Waals surface area contributed by atoms with E-state index in [1.54, 1.807) is 0 Å². The lowest BCUT2D eigenvalue weighted by molar-refractivity contribution is -0.129. The Morgan fingerprint density at radius 1 is 1.44 bits per heavy atom. The number of carbonyl (C=O) groups is 2. The van der Waals surface area contributed by atoms with Crippen molar-refractivity contribution < 1.29 is 14.3 Å². The van der Waals surface area contributed by atoms with Gasteiger partial charge in [-0.05, 0) is 19.8 Å². The van der Waals surface area contributed by atoms with Crippen molar-refractivity contribution in [2.24, 2.45) is 0 Å². The Balaban J connectivity index is 1.94. The van der Waals surface area contributed by atoms with Crippen molar-refractivity contribution in [1.82, 2.24) is 15.3 Å². The van der Waals surface area contributed by atoms with Crippen molar-refractivity contribution in [3.63, 3.8) is 0 Å². The molecule has 1 amide bonds. The molecule has 1 aromatic rings. The fourth-order valence-corrected chi connectivity index (χ4v) is 1.32. The Morgan fingerprint density at radius 2 is 2.11 bits per heavy atom. The number of rotatable bonds is 4. The van der Waals surface area contributed by atoms with Crippen LogP contribution in [0.2, 0.25) is 0 Å². The zero-order valence-electron chi connectivity index (χ0n) is 9.92. The fraction of sp³-hybridized carbons (Fsp3) is 0.455. The highest BCUT2D eigenvalue weighted by atomic mass is 16.5. The maximum absolute atomic E-state index is 11.7. The summed E-state index contributed by atoms with van der Waals surface area (Å²) in [6, 6.07) is 0.222. The third-order valence-corrected chi connectivity index (χ3v) is 2.50. The first-order valence-electron chi connectivity index (χ1n) is 5.65. The maximum Gasteiger partial charge on any atom is 0.361 e. The van der Waals surface area contributed by atoms with Crippen molar-refractivity contribution in [3.05, 3.63) is 18.1 Å². The minimum absolute atomic E-state index is 0.0164. The number of nitrogens with one attached hydrogen (secondary N) is 1. The average Bonchev–Trinajstić information content (AvgIpc) is 3.13. The molecule has 0 spiro atoms. The zero-order chi connectivity index (χ0) is 13.1. The second-order valence-electron chi connectivity index (χ2n) is 4.12. The number of nitrogens with zero attached hydrogens (tertiary/aromatic N) is 2. The van der Waals surface area contributed by atoms with Gasteiger partial charge < -0.3 is 15.8 Å². The van der Waals surface area contributed by atoms with Gasteiger partial charge in [0, 0.05) is 18.4 Å². The van der Waals surface area contributed by atoms with Crippen LogP contribution in [0.4, 0.5) is 5.82 Å². The molecule has 0 unspecified atom stereocenters. The van der Waals surface area contributed by atoms with E-state index in [0.717, 1.165) is 12.8 Å². The van der Waals surface area contributed by atoms with Gasteiger partial charge in [0.05, 0.1) is 0 Å². The first-order chi connectivity index (χ1) is 8.58. The Kier molecular flexibility index (Phi) is 3.40. The molecule has 1 heterocycles. The molecule has 1 aliphatic rings. The highest BCUT2D eigenvalue weighted by Crippen LogP contribution is 2.19. The molecule has 1 aliphatic carbocycles. The molecule has 1 fully saturated rings. The second-order valence-corrected chi connectivity index (χ2v) is 4.12. The number of hydrogen-bond donors (Lipinski definition) is 2. The van der Waals surface area contributed by atoms with Crippen molar-refractivity contribution in [1.29, 1.82) is 0 Å². The molecule has 7 nitrogen and oxygen atoms in total. The molecule has 3 N–H and O–H groups in total. The van der Waals surface area contributed by atoms with E-state index in [0.29, 0.717) is 0 Å². The van der Waals surface area contributed by atoms with Crippen LogP contribution in [0, 0.1) is 0 Å². The van der Waals surface area contributed by atoms with Gasteiger partial charge in [0.15, 0.2) is 17.6 Å². The largest absolute Gasteiger partial charge is 0.448 e. The van der Waals surface area contributed by atoms with Gasteiger partial charge in [-0.3, -0.25) is 4.79 Å². The summed E-state index contributed by atoms with van der Waals surface area (Å²) in [7, 11) is 0. The summed E-state index contributed by atoms with van der Waals surface area (Å²) >= 11 is 0. The van der Waals surface area contributed by atoms with Gasteiger partial charge in [0.25, 0.3) is 5.91 Å². The molecule has 96 valence electrons. The van der Waals surface area contributed by atoms with Crippen LogP contribution < -0.4 is 11.1 Å². The number of esters is 1. The third kappa shape index (κ3) is 2.93. The van der Waals surface area contributed by atoms with Crippen LogP contribution >= 0.6 is 0 Å². The zero-order valence-corrected chi connectivity index (χ0v) is 9.92. The van der Waals surface area contributed by atoms with Crippen LogP contribution in [0.3, 0.4) is 0 Å². The molecular weight excluding hydrogens is 236 g/mol. The molecule has 0 saturated heterocycles. The fourth-order valence-electron chi connectivity index (χ4n) is 1.32. The summed E-state index contributed by atoms with van der Waals surface area (Å²) in [4.78, 5) is 30.8. The van der Waals surface area contributed by atoms with Crippen LogP contribution in [-0.2, 0) is 9.53 Å². The first kappa shape index (κ1) is 12.3. The van der Waals surface area contributed by atoms with E-state index in [4.69, 9.17) is 10.5 Å². The summed E-state index contributed by atoms with van der Waals surface area (Å²) in [5, 5.41) is 2.74. The second kappa shape index (κ2) is 4.99. The average molecular weight is 250 g/mol. The highest BCUT2D eigenvalue weighted by molar-refractivity contribution is 5.94. The standard InChI is InChI=1S/C11H14N4O3/c1-6(10(16)15-7-2-3-7)18-11(17)8-9(12)14-5-4-13-8/h4-7H,2-3H2,1H3,(H2,12,14)(H,15,16)/t6-/m0/s1. The molecule has 1 aromatic heterocycles. The number of amides is 1. The topological polar surface area (TPSA) is 107 Å². The molecule has 0 bridgehead atoms. The molecule has 0 radical (unpaired) electrons. The number of aromatic nitrogens is 2. The molecular formula is C11H14N4O3. The number of nitrogen functional groups attached to an aromatic ring is 1. The lowest BCUT2D eigenvalue weighted by Gasteiger charge is -2.13. The van der Waals surface area contributed by atoms with Gasteiger partial charge in [-0.1, -0.05) is 0 Å². The van der Waals surface area contributed by atoms with E-state index in [1.165, 1.54) is 19.3 Å². The Morgan fingerprint density at radius 3 is 2.72 bits per heavy atom. The Hall–Kier alpha value is -2.18. The first-order valence-corrected chi connectivity index (χ1v) is 5.65. The Bertz CT molecular complexity index is 473. The quantitative estimate of drug-likeness (QED) is 0.721. The van der Waals surface area contributed by atoms with Crippen molar-refractivity contribution >= 4 is 17.7 Å². The van der Waals surface area contributed by atoms with E-state index in [-0.39, 0.29) is 23.5 Å². The minimum atomic E-state index is -0.875. The van der Waals surface area contributed by atoms with Crippen LogP contribution in [0.1, 0.15) is 30.3 Å². The number of hydrogen-bond acceptors (Lipinski definition) is 6. The maximum atomic E-state index is 11.7. The predicted molar refractivity (Wildman–Crippen MR) is 62.5 cm³/mol.